The van der Waals surface area contributed by atoms with Crippen LogP contribution in [0, 0.1) is 30.6 Å². The number of pyridine rings is 1. The molecular weight excluding hydrogens is 210 g/mol. The van der Waals surface area contributed by atoms with Gasteiger partial charge in [0.15, 0.2) is 0 Å². The topological polar surface area (TPSA) is 50.9 Å². The summed E-state index contributed by atoms with van der Waals surface area (Å²) in [5, 5.41) is 3.59. The van der Waals surface area contributed by atoms with Crippen molar-refractivity contribution in [3.05, 3.63) is 17.8 Å². The van der Waals surface area contributed by atoms with Crippen LogP contribution < -0.4 is 11.1 Å². The Morgan fingerprint density at radius 3 is 2.71 bits per heavy atom. The molecule has 17 heavy (non-hydrogen) atoms. The summed E-state index contributed by atoms with van der Waals surface area (Å²) in [4.78, 5) is 4.38. The van der Waals surface area contributed by atoms with Gasteiger partial charge in [0.2, 0.25) is 0 Å². The predicted molar refractivity (Wildman–Crippen MR) is 68.6 cm³/mol. The maximum atomic E-state index is 6.07. The third kappa shape index (κ3) is 1.25. The van der Waals surface area contributed by atoms with Crippen LogP contribution in [0.5, 0.6) is 0 Å². The lowest BCUT2D eigenvalue weighted by Gasteiger charge is -2.13. The zero-order valence-electron chi connectivity index (χ0n) is 10.2. The first-order chi connectivity index (χ1) is 8.25. The summed E-state index contributed by atoms with van der Waals surface area (Å²) >= 11 is 0. The van der Waals surface area contributed by atoms with Crippen LogP contribution in [0.15, 0.2) is 12.3 Å². The Morgan fingerprint density at radius 2 is 2.00 bits per heavy atom. The van der Waals surface area contributed by atoms with E-state index in [0.29, 0.717) is 6.04 Å². The van der Waals surface area contributed by atoms with Crippen molar-refractivity contribution in [3.8, 4) is 0 Å². The summed E-state index contributed by atoms with van der Waals surface area (Å²) in [7, 11) is 0. The molecule has 3 N–H and O–H groups in total. The molecule has 0 amide bonds. The molecule has 3 nitrogen and oxygen atoms in total. The molecule has 2 bridgehead atoms. The van der Waals surface area contributed by atoms with Gasteiger partial charge < -0.3 is 11.1 Å². The second kappa shape index (κ2) is 3.15. The van der Waals surface area contributed by atoms with E-state index in [2.05, 4.69) is 10.3 Å². The zero-order valence-corrected chi connectivity index (χ0v) is 10.2. The smallest absolute Gasteiger partial charge is 0.149 e. The van der Waals surface area contributed by atoms with Crippen molar-refractivity contribution in [3.63, 3.8) is 0 Å². The maximum absolute atomic E-state index is 6.07. The minimum atomic E-state index is 0.665. The molecule has 0 aliphatic heterocycles. The Bertz CT molecular complexity index is 455. The Morgan fingerprint density at radius 1 is 1.29 bits per heavy atom. The molecule has 4 atom stereocenters. The molecule has 1 aromatic heterocycles. The van der Waals surface area contributed by atoms with Crippen LogP contribution in [0.1, 0.15) is 24.8 Å². The quantitative estimate of drug-likeness (QED) is 0.819. The van der Waals surface area contributed by atoms with Crippen LogP contribution in [0.3, 0.4) is 0 Å². The number of anilines is 2. The summed E-state index contributed by atoms with van der Waals surface area (Å²) < 4.78 is 0. The maximum Gasteiger partial charge on any atom is 0.149 e. The van der Waals surface area contributed by atoms with Gasteiger partial charge in [-0.15, -0.1) is 0 Å². The number of aryl methyl sites for hydroxylation is 1. The number of nitrogens with zero attached hydrogens (tertiary/aromatic N) is 1. The molecule has 4 rings (SSSR count). The SMILES string of the molecule is Cc1ccnc(NC2C3C4CCC(C4)C23)c1N. The third-order valence-corrected chi connectivity index (χ3v) is 5.25. The number of nitrogens with one attached hydrogen (secondary N) is 1. The molecule has 3 saturated carbocycles. The third-order valence-electron chi connectivity index (χ3n) is 5.25. The lowest BCUT2D eigenvalue weighted by molar-refractivity contribution is 0.456. The van der Waals surface area contributed by atoms with Crippen LogP contribution >= 0.6 is 0 Å². The first-order valence-electron chi connectivity index (χ1n) is 6.73. The Balaban J connectivity index is 1.55. The zero-order chi connectivity index (χ0) is 11.6. The summed E-state index contributed by atoms with van der Waals surface area (Å²) in [5.74, 6) is 4.75. The number of nitrogen functional groups attached to an aromatic ring is 1. The molecule has 90 valence electrons. The van der Waals surface area contributed by atoms with Crippen LogP contribution in [0.4, 0.5) is 11.5 Å². The molecular formula is C14H19N3. The number of hydrogen-bond acceptors (Lipinski definition) is 3. The average Bonchev–Trinajstić information content (AvgIpc) is 2.72. The first-order valence-corrected chi connectivity index (χ1v) is 6.73. The Kier molecular flexibility index (Phi) is 1.81. The lowest BCUT2D eigenvalue weighted by atomic mass is 10.0. The monoisotopic (exact) mass is 229 g/mol. The summed E-state index contributed by atoms with van der Waals surface area (Å²) in [5.41, 5.74) is 8.01. The van der Waals surface area contributed by atoms with Gasteiger partial charge >= 0.3 is 0 Å². The molecule has 0 spiro atoms. The van der Waals surface area contributed by atoms with E-state index >= 15 is 0 Å². The van der Waals surface area contributed by atoms with Crippen molar-refractivity contribution in [2.24, 2.45) is 23.7 Å². The molecule has 0 saturated heterocycles. The van der Waals surface area contributed by atoms with E-state index in [1.165, 1.54) is 19.3 Å². The predicted octanol–water partition coefficient (Wildman–Crippen LogP) is 2.43. The van der Waals surface area contributed by atoms with Gasteiger partial charge in [0.25, 0.3) is 0 Å². The highest BCUT2D eigenvalue weighted by Gasteiger charge is 2.65. The number of nitrogens with two attached hydrogens (primary N) is 1. The highest BCUT2D eigenvalue weighted by Crippen LogP contribution is 2.66. The van der Waals surface area contributed by atoms with Crippen molar-refractivity contribution in [2.75, 3.05) is 11.1 Å². The molecule has 0 aromatic carbocycles. The van der Waals surface area contributed by atoms with Gasteiger partial charge in [0.05, 0.1) is 5.69 Å². The van der Waals surface area contributed by atoms with Crippen molar-refractivity contribution < 1.29 is 0 Å². The van der Waals surface area contributed by atoms with Crippen molar-refractivity contribution in [1.82, 2.24) is 4.98 Å². The van der Waals surface area contributed by atoms with Gasteiger partial charge in [0.1, 0.15) is 5.82 Å². The summed E-state index contributed by atoms with van der Waals surface area (Å²) in [6, 6.07) is 2.63. The van der Waals surface area contributed by atoms with Crippen LogP contribution in [-0.2, 0) is 0 Å². The molecule has 3 aliphatic carbocycles. The van der Waals surface area contributed by atoms with Gasteiger partial charge in [-0.1, -0.05) is 0 Å². The largest absolute Gasteiger partial charge is 0.396 e. The van der Waals surface area contributed by atoms with Crippen molar-refractivity contribution >= 4 is 11.5 Å². The van der Waals surface area contributed by atoms with Crippen LogP contribution in [0.25, 0.3) is 0 Å². The van der Waals surface area contributed by atoms with Crippen LogP contribution in [0.2, 0.25) is 0 Å². The van der Waals surface area contributed by atoms with E-state index in [1.807, 2.05) is 19.2 Å². The number of fused-ring (bicyclic) bond motifs is 5. The molecule has 3 fully saturated rings. The molecule has 1 heterocycles. The molecule has 3 heteroatoms. The fourth-order valence-corrected chi connectivity index (χ4v) is 4.36. The Hall–Kier alpha value is -1.25. The van der Waals surface area contributed by atoms with E-state index in [4.69, 9.17) is 5.73 Å². The van der Waals surface area contributed by atoms with E-state index in [9.17, 15) is 0 Å². The minimum Gasteiger partial charge on any atom is -0.396 e. The normalized spacial score (nSPS) is 41.4. The van der Waals surface area contributed by atoms with E-state index < -0.39 is 0 Å². The number of rotatable bonds is 2. The van der Waals surface area contributed by atoms with Crippen molar-refractivity contribution in [2.45, 2.75) is 32.2 Å². The molecule has 3 aliphatic rings. The van der Waals surface area contributed by atoms with Crippen LogP contribution in [-0.4, -0.2) is 11.0 Å². The van der Waals surface area contributed by atoms with E-state index in [1.54, 1.807) is 0 Å². The fraction of sp³-hybridized carbons (Fsp3) is 0.643. The van der Waals surface area contributed by atoms with Gasteiger partial charge in [-0.3, -0.25) is 0 Å². The van der Waals surface area contributed by atoms with Gasteiger partial charge in [-0.05, 0) is 61.5 Å². The first kappa shape index (κ1) is 9.75. The minimum absolute atomic E-state index is 0.665. The number of hydrogen-bond donors (Lipinski definition) is 2. The van der Waals surface area contributed by atoms with Gasteiger partial charge in [-0.25, -0.2) is 4.98 Å². The summed E-state index contributed by atoms with van der Waals surface area (Å²) in [6.45, 7) is 2.04. The second-order valence-corrected chi connectivity index (χ2v) is 6.05. The highest BCUT2D eigenvalue weighted by molar-refractivity contribution is 5.66. The van der Waals surface area contributed by atoms with Crippen molar-refractivity contribution in [1.29, 1.82) is 0 Å². The Labute approximate surface area is 102 Å². The lowest BCUT2D eigenvalue weighted by Crippen LogP contribution is -2.15. The standard InChI is InChI=1S/C14H19N3/c1-7-4-5-16-14(12(7)15)17-13-10-8-2-3-9(6-8)11(10)13/h4-5,8-11,13H,2-3,6,15H2,1H3,(H,16,17). The number of aromatic nitrogens is 1. The molecule has 1 aromatic rings. The van der Waals surface area contributed by atoms with E-state index in [0.717, 1.165) is 40.7 Å². The molecule has 0 radical (unpaired) electrons. The fourth-order valence-electron chi connectivity index (χ4n) is 4.36. The second-order valence-electron chi connectivity index (χ2n) is 6.05. The average molecular weight is 229 g/mol. The van der Waals surface area contributed by atoms with Gasteiger partial charge in [0, 0.05) is 12.2 Å². The molecule has 4 unspecified atom stereocenters. The highest BCUT2D eigenvalue weighted by atomic mass is 15.1. The van der Waals surface area contributed by atoms with Gasteiger partial charge in [-0.2, -0.15) is 0 Å². The van der Waals surface area contributed by atoms with E-state index in [-0.39, 0.29) is 0 Å². The summed E-state index contributed by atoms with van der Waals surface area (Å²) in [6.07, 6.45) is 6.26.